The van der Waals surface area contributed by atoms with E-state index in [4.69, 9.17) is 0 Å². The Morgan fingerprint density at radius 1 is 1.45 bits per heavy atom. The molecule has 0 radical (unpaired) electrons. The number of carbonyl (C=O) groups excluding carboxylic acids is 1. The number of thiophene rings is 2. The van der Waals surface area contributed by atoms with E-state index in [1.54, 1.807) is 28.9 Å². The number of hydrogen-bond acceptors (Lipinski definition) is 4. The zero-order chi connectivity index (χ0) is 15.1. The maximum atomic E-state index is 12.9. The highest BCUT2D eigenvalue weighted by atomic mass is 32.1. The van der Waals surface area contributed by atoms with Crippen molar-refractivity contribution in [2.24, 2.45) is 0 Å². The van der Waals surface area contributed by atoms with E-state index in [-0.39, 0.29) is 5.91 Å². The minimum atomic E-state index is 0.190. The molecule has 114 valence electrons. The Bertz CT molecular complexity index is 803. The molecular weight excluding hydrogens is 314 g/mol. The number of fused-ring (bicyclic) bond motifs is 1. The van der Waals surface area contributed by atoms with Crippen LogP contribution in [0.25, 0.3) is 9.40 Å². The Kier molecular flexibility index (Phi) is 3.50. The van der Waals surface area contributed by atoms with E-state index in [0.29, 0.717) is 6.04 Å². The average Bonchev–Trinajstić information content (AvgIpc) is 3.26. The van der Waals surface area contributed by atoms with Gasteiger partial charge in [-0.2, -0.15) is 0 Å². The van der Waals surface area contributed by atoms with Crippen molar-refractivity contribution in [3.05, 3.63) is 40.6 Å². The minimum absolute atomic E-state index is 0.190. The number of amides is 1. The predicted molar refractivity (Wildman–Crippen MR) is 90.8 cm³/mol. The van der Waals surface area contributed by atoms with Crippen molar-refractivity contribution in [3.8, 4) is 0 Å². The molecule has 4 rings (SSSR count). The summed E-state index contributed by atoms with van der Waals surface area (Å²) in [5.41, 5.74) is 1.14. The third-order valence-corrected chi connectivity index (χ3v) is 6.76. The number of imidazole rings is 1. The molecule has 3 aromatic rings. The quantitative estimate of drug-likeness (QED) is 0.713. The number of piperidine rings is 1. The van der Waals surface area contributed by atoms with E-state index in [1.807, 2.05) is 17.4 Å². The fraction of sp³-hybridized carbons (Fsp3) is 0.375. The van der Waals surface area contributed by atoms with Gasteiger partial charge in [0, 0.05) is 34.9 Å². The Morgan fingerprint density at radius 2 is 2.36 bits per heavy atom. The summed E-state index contributed by atoms with van der Waals surface area (Å²) < 4.78 is 4.62. The second-order valence-electron chi connectivity index (χ2n) is 5.73. The van der Waals surface area contributed by atoms with Gasteiger partial charge in [0.2, 0.25) is 0 Å². The van der Waals surface area contributed by atoms with Crippen molar-refractivity contribution in [1.82, 2.24) is 14.5 Å². The maximum absolute atomic E-state index is 12.9. The van der Waals surface area contributed by atoms with Gasteiger partial charge in [0.05, 0.1) is 17.2 Å². The third kappa shape index (κ3) is 2.27. The maximum Gasteiger partial charge on any atom is 0.264 e. The number of hydrogen-bond donors (Lipinski definition) is 0. The lowest BCUT2D eigenvalue weighted by atomic mass is 10.1. The molecule has 0 saturated carbocycles. The van der Waals surface area contributed by atoms with E-state index in [2.05, 4.69) is 27.9 Å². The van der Waals surface area contributed by atoms with Crippen molar-refractivity contribution >= 4 is 38.0 Å². The molecule has 1 saturated heterocycles. The number of carbonyl (C=O) groups is 1. The van der Waals surface area contributed by atoms with Gasteiger partial charge in [0.25, 0.3) is 5.91 Å². The predicted octanol–water partition coefficient (Wildman–Crippen LogP) is 3.95. The van der Waals surface area contributed by atoms with Crippen LogP contribution in [-0.4, -0.2) is 33.4 Å². The number of nitrogens with zero attached hydrogens (tertiary/aromatic N) is 3. The van der Waals surface area contributed by atoms with Crippen LogP contribution >= 0.6 is 22.7 Å². The van der Waals surface area contributed by atoms with Crippen molar-refractivity contribution in [1.29, 1.82) is 0 Å². The smallest absolute Gasteiger partial charge is 0.264 e. The first-order chi connectivity index (χ1) is 10.7. The van der Waals surface area contributed by atoms with Gasteiger partial charge in [0.1, 0.15) is 0 Å². The molecule has 0 aliphatic carbocycles. The Hall–Kier alpha value is -1.66. The van der Waals surface area contributed by atoms with Gasteiger partial charge in [-0.1, -0.05) is 0 Å². The Morgan fingerprint density at radius 3 is 3.14 bits per heavy atom. The van der Waals surface area contributed by atoms with Gasteiger partial charge in [-0.15, -0.1) is 22.7 Å². The topological polar surface area (TPSA) is 38.1 Å². The highest BCUT2D eigenvalue weighted by molar-refractivity contribution is 7.28. The van der Waals surface area contributed by atoms with Crippen LogP contribution in [0, 0.1) is 6.92 Å². The lowest BCUT2D eigenvalue weighted by Crippen LogP contribution is -2.40. The van der Waals surface area contributed by atoms with E-state index >= 15 is 0 Å². The second kappa shape index (κ2) is 5.52. The number of rotatable bonds is 2. The second-order valence-corrected chi connectivity index (χ2v) is 7.70. The fourth-order valence-corrected chi connectivity index (χ4v) is 5.45. The molecule has 0 spiro atoms. The van der Waals surface area contributed by atoms with Gasteiger partial charge in [-0.3, -0.25) is 4.79 Å². The van der Waals surface area contributed by atoms with E-state index in [9.17, 15) is 4.79 Å². The highest BCUT2D eigenvalue weighted by Crippen LogP contribution is 2.36. The summed E-state index contributed by atoms with van der Waals surface area (Å²) in [5, 5.41) is 2.10. The van der Waals surface area contributed by atoms with Gasteiger partial charge in [-0.05, 0) is 36.8 Å². The van der Waals surface area contributed by atoms with Crippen molar-refractivity contribution in [2.45, 2.75) is 25.8 Å². The fourth-order valence-electron chi connectivity index (χ4n) is 3.16. The molecule has 4 heterocycles. The molecule has 0 bridgehead atoms. The average molecular weight is 331 g/mol. The van der Waals surface area contributed by atoms with Crippen LogP contribution in [0.4, 0.5) is 0 Å². The summed E-state index contributed by atoms with van der Waals surface area (Å²) in [5.74, 6) is 0.190. The van der Waals surface area contributed by atoms with Crippen molar-refractivity contribution in [3.63, 3.8) is 0 Å². The molecule has 1 fully saturated rings. The van der Waals surface area contributed by atoms with Crippen LogP contribution in [0.5, 0.6) is 0 Å². The van der Waals surface area contributed by atoms with Gasteiger partial charge >= 0.3 is 0 Å². The molecular formula is C16H17N3OS2. The first kappa shape index (κ1) is 14.0. The molecule has 1 aliphatic rings. The first-order valence-electron chi connectivity index (χ1n) is 7.47. The number of aromatic nitrogens is 2. The molecule has 0 unspecified atom stereocenters. The van der Waals surface area contributed by atoms with Crippen molar-refractivity contribution < 1.29 is 4.79 Å². The molecule has 1 amide bonds. The van der Waals surface area contributed by atoms with E-state index in [1.165, 1.54) is 9.40 Å². The van der Waals surface area contributed by atoms with Crippen LogP contribution < -0.4 is 0 Å². The highest BCUT2D eigenvalue weighted by Gasteiger charge is 2.27. The van der Waals surface area contributed by atoms with Crippen LogP contribution in [0.3, 0.4) is 0 Å². The lowest BCUT2D eigenvalue weighted by Gasteiger charge is -2.33. The summed E-state index contributed by atoms with van der Waals surface area (Å²) in [4.78, 5) is 20.0. The normalized spacial score (nSPS) is 19.0. The largest absolute Gasteiger partial charge is 0.336 e. The molecule has 0 aromatic carbocycles. The summed E-state index contributed by atoms with van der Waals surface area (Å²) in [7, 11) is 0. The first-order valence-corrected chi connectivity index (χ1v) is 9.17. The third-order valence-electron chi connectivity index (χ3n) is 4.35. The molecule has 3 aromatic heterocycles. The number of likely N-dealkylation sites (tertiary alicyclic amines) is 1. The van der Waals surface area contributed by atoms with Crippen LogP contribution in [-0.2, 0) is 0 Å². The van der Waals surface area contributed by atoms with Crippen LogP contribution in [0.15, 0.2) is 30.2 Å². The van der Waals surface area contributed by atoms with Crippen LogP contribution in [0.1, 0.15) is 34.1 Å². The Labute approximate surface area is 137 Å². The molecule has 4 nitrogen and oxygen atoms in total. The standard InChI is InChI=1S/C16H17N3OS2/c1-11-14-13(4-8-21-14)22-15(11)16(20)18-6-2-3-12(9-18)19-7-5-17-10-19/h4-5,7-8,10,12H,2-3,6,9H2,1H3/t12-/m0/s1. The van der Waals surface area contributed by atoms with Gasteiger partial charge in [-0.25, -0.2) is 4.98 Å². The zero-order valence-electron chi connectivity index (χ0n) is 12.4. The van der Waals surface area contributed by atoms with Crippen LogP contribution in [0.2, 0.25) is 0 Å². The molecule has 1 aliphatic heterocycles. The number of aryl methyl sites for hydroxylation is 1. The summed E-state index contributed by atoms with van der Waals surface area (Å²) in [6.07, 6.45) is 7.81. The van der Waals surface area contributed by atoms with Gasteiger partial charge < -0.3 is 9.47 Å². The summed E-state index contributed by atoms with van der Waals surface area (Å²) >= 11 is 3.36. The lowest BCUT2D eigenvalue weighted by molar-refractivity contribution is 0.0684. The summed E-state index contributed by atoms with van der Waals surface area (Å²) in [6, 6.07) is 2.46. The monoisotopic (exact) mass is 331 g/mol. The van der Waals surface area contributed by atoms with Gasteiger partial charge in [0.15, 0.2) is 0 Å². The Balaban J connectivity index is 1.59. The summed E-state index contributed by atoms with van der Waals surface area (Å²) in [6.45, 7) is 3.70. The minimum Gasteiger partial charge on any atom is -0.336 e. The SMILES string of the molecule is Cc1c(C(=O)N2CCC[C@H](n3ccnc3)C2)sc2ccsc12. The zero-order valence-corrected chi connectivity index (χ0v) is 14.0. The van der Waals surface area contributed by atoms with E-state index in [0.717, 1.165) is 36.4 Å². The van der Waals surface area contributed by atoms with E-state index < -0.39 is 0 Å². The molecule has 6 heteroatoms. The molecule has 0 N–H and O–H groups in total. The molecule has 22 heavy (non-hydrogen) atoms. The molecule has 1 atom stereocenters. The van der Waals surface area contributed by atoms with Crippen molar-refractivity contribution in [2.75, 3.05) is 13.1 Å².